The maximum absolute atomic E-state index is 10.5. The van der Waals surface area contributed by atoms with Crippen molar-refractivity contribution in [2.45, 2.75) is 44.8 Å². The first-order valence-corrected chi connectivity index (χ1v) is 6.65. The molecule has 2 unspecified atom stereocenters. The summed E-state index contributed by atoms with van der Waals surface area (Å²) in [6, 6.07) is 10.4. The van der Waals surface area contributed by atoms with Gasteiger partial charge in [-0.2, -0.15) is 0 Å². The second-order valence-electron chi connectivity index (χ2n) is 5.52. The lowest BCUT2D eigenvalue weighted by Crippen LogP contribution is -2.43. The molecule has 1 aliphatic rings. The first-order valence-electron chi connectivity index (χ1n) is 6.65. The average molecular weight is 233 g/mol. The summed E-state index contributed by atoms with van der Waals surface area (Å²) in [5.74, 6) is 0.660. The maximum Gasteiger partial charge on any atom is 0.0774 e. The molecule has 1 aliphatic carbocycles. The van der Waals surface area contributed by atoms with Crippen LogP contribution >= 0.6 is 0 Å². The molecule has 0 spiro atoms. The van der Waals surface area contributed by atoms with E-state index in [-0.39, 0.29) is 0 Å². The highest BCUT2D eigenvalue weighted by atomic mass is 16.3. The van der Waals surface area contributed by atoms with Gasteiger partial charge in [-0.15, -0.1) is 0 Å². The van der Waals surface area contributed by atoms with E-state index in [1.54, 1.807) is 0 Å². The van der Waals surface area contributed by atoms with Crippen LogP contribution in [0, 0.1) is 5.92 Å². The van der Waals surface area contributed by atoms with E-state index in [0.717, 1.165) is 25.8 Å². The third-order valence-corrected chi connectivity index (χ3v) is 3.69. The van der Waals surface area contributed by atoms with E-state index in [1.807, 2.05) is 6.07 Å². The minimum Gasteiger partial charge on any atom is -0.389 e. The van der Waals surface area contributed by atoms with Gasteiger partial charge in [0.1, 0.15) is 0 Å². The van der Waals surface area contributed by atoms with E-state index in [9.17, 15) is 5.11 Å². The van der Waals surface area contributed by atoms with Crippen LogP contribution in [0.3, 0.4) is 0 Å². The van der Waals surface area contributed by atoms with Crippen molar-refractivity contribution < 1.29 is 5.11 Å². The fourth-order valence-electron chi connectivity index (χ4n) is 2.83. The summed E-state index contributed by atoms with van der Waals surface area (Å²) in [6.45, 7) is 3.80. The summed E-state index contributed by atoms with van der Waals surface area (Å²) < 4.78 is 0. The fourth-order valence-corrected chi connectivity index (χ4v) is 2.83. The standard InChI is InChI=1S/C15H23NO/c1-13-6-5-9-15(17,10-13)12-16-11-14-7-3-2-4-8-14/h2-4,7-8,13,16-17H,5-6,9-12H2,1H3. The molecule has 17 heavy (non-hydrogen) atoms. The number of hydrogen-bond donors (Lipinski definition) is 2. The Hall–Kier alpha value is -0.860. The van der Waals surface area contributed by atoms with E-state index in [4.69, 9.17) is 0 Å². The van der Waals surface area contributed by atoms with Gasteiger partial charge in [0, 0.05) is 13.1 Å². The smallest absolute Gasteiger partial charge is 0.0774 e. The molecule has 2 atom stereocenters. The predicted octanol–water partition coefficient (Wildman–Crippen LogP) is 2.72. The van der Waals surface area contributed by atoms with Crippen molar-refractivity contribution in [1.29, 1.82) is 0 Å². The Morgan fingerprint density at radius 1 is 1.35 bits per heavy atom. The second-order valence-corrected chi connectivity index (χ2v) is 5.52. The third-order valence-electron chi connectivity index (χ3n) is 3.69. The summed E-state index contributed by atoms with van der Waals surface area (Å²) in [6.07, 6.45) is 4.31. The largest absolute Gasteiger partial charge is 0.389 e. The normalized spacial score (nSPS) is 29.2. The molecule has 1 aromatic carbocycles. The van der Waals surface area contributed by atoms with Crippen LogP contribution in [0.25, 0.3) is 0 Å². The SMILES string of the molecule is CC1CCCC(O)(CNCc2ccccc2)C1. The van der Waals surface area contributed by atoms with Crippen molar-refractivity contribution in [2.24, 2.45) is 5.92 Å². The van der Waals surface area contributed by atoms with Gasteiger partial charge in [0.2, 0.25) is 0 Å². The van der Waals surface area contributed by atoms with E-state index >= 15 is 0 Å². The number of hydrogen-bond acceptors (Lipinski definition) is 2. The van der Waals surface area contributed by atoms with Gasteiger partial charge in [0.15, 0.2) is 0 Å². The van der Waals surface area contributed by atoms with E-state index in [0.29, 0.717) is 12.5 Å². The molecule has 0 amide bonds. The van der Waals surface area contributed by atoms with Crippen molar-refractivity contribution in [3.63, 3.8) is 0 Å². The molecule has 1 fully saturated rings. The molecule has 2 rings (SSSR count). The second kappa shape index (κ2) is 5.65. The van der Waals surface area contributed by atoms with Crippen LogP contribution < -0.4 is 5.32 Å². The Kier molecular flexibility index (Phi) is 4.19. The van der Waals surface area contributed by atoms with Crippen molar-refractivity contribution in [3.8, 4) is 0 Å². The van der Waals surface area contributed by atoms with E-state index in [1.165, 1.54) is 12.0 Å². The van der Waals surface area contributed by atoms with Crippen LogP contribution in [0.4, 0.5) is 0 Å². The Labute approximate surface area is 104 Å². The molecule has 0 heterocycles. The molecule has 0 saturated heterocycles. The zero-order chi connectivity index (χ0) is 12.1. The molecule has 2 N–H and O–H groups in total. The molecule has 0 aromatic heterocycles. The van der Waals surface area contributed by atoms with E-state index in [2.05, 4.69) is 36.5 Å². The lowest BCUT2D eigenvalue weighted by Gasteiger charge is -2.35. The van der Waals surface area contributed by atoms with Crippen LogP contribution in [-0.2, 0) is 6.54 Å². The molecule has 1 saturated carbocycles. The lowest BCUT2D eigenvalue weighted by molar-refractivity contribution is -0.0119. The summed E-state index contributed by atoms with van der Waals surface area (Å²) in [7, 11) is 0. The number of benzene rings is 1. The molecule has 2 nitrogen and oxygen atoms in total. The van der Waals surface area contributed by atoms with Crippen LogP contribution in [0.1, 0.15) is 38.2 Å². The summed E-state index contributed by atoms with van der Waals surface area (Å²) in [5, 5.41) is 13.8. The minimum absolute atomic E-state index is 0.480. The minimum atomic E-state index is -0.480. The first kappa shape index (κ1) is 12.6. The Morgan fingerprint density at radius 3 is 2.82 bits per heavy atom. The number of rotatable bonds is 4. The van der Waals surface area contributed by atoms with Gasteiger partial charge in [0.05, 0.1) is 5.60 Å². The highest BCUT2D eigenvalue weighted by Crippen LogP contribution is 2.31. The molecule has 2 heteroatoms. The van der Waals surface area contributed by atoms with Gasteiger partial charge in [0.25, 0.3) is 0 Å². The zero-order valence-corrected chi connectivity index (χ0v) is 10.7. The van der Waals surface area contributed by atoms with Gasteiger partial charge in [-0.05, 0) is 24.3 Å². The number of nitrogens with one attached hydrogen (secondary N) is 1. The van der Waals surface area contributed by atoms with Gasteiger partial charge in [-0.3, -0.25) is 0 Å². The summed E-state index contributed by atoms with van der Waals surface area (Å²) >= 11 is 0. The van der Waals surface area contributed by atoms with Gasteiger partial charge in [-0.25, -0.2) is 0 Å². The van der Waals surface area contributed by atoms with Gasteiger partial charge in [-0.1, -0.05) is 50.1 Å². The van der Waals surface area contributed by atoms with Crippen molar-refractivity contribution >= 4 is 0 Å². The maximum atomic E-state index is 10.5. The van der Waals surface area contributed by atoms with Crippen LogP contribution in [0.5, 0.6) is 0 Å². The Bertz CT molecular complexity index is 338. The van der Waals surface area contributed by atoms with Crippen molar-refractivity contribution in [1.82, 2.24) is 5.32 Å². The molecule has 94 valence electrons. The monoisotopic (exact) mass is 233 g/mol. The fraction of sp³-hybridized carbons (Fsp3) is 0.600. The van der Waals surface area contributed by atoms with Crippen LogP contribution in [-0.4, -0.2) is 17.3 Å². The zero-order valence-electron chi connectivity index (χ0n) is 10.7. The van der Waals surface area contributed by atoms with Crippen molar-refractivity contribution in [3.05, 3.63) is 35.9 Å². The van der Waals surface area contributed by atoms with Gasteiger partial charge < -0.3 is 10.4 Å². The van der Waals surface area contributed by atoms with Crippen LogP contribution in [0.15, 0.2) is 30.3 Å². The van der Waals surface area contributed by atoms with Gasteiger partial charge >= 0.3 is 0 Å². The molecular formula is C15H23NO. The Morgan fingerprint density at radius 2 is 2.12 bits per heavy atom. The summed E-state index contributed by atoms with van der Waals surface area (Å²) in [4.78, 5) is 0. The average Bonchev–Trinajstić information content (AvgIpc) is 2.30. The molecule has 0 aliphatic heterocycles. The highest BCUT2D eigenvalue weighted by molar-refractivity contribution is 5.14. The van der Waals surface area contributed by atoms with Crippen LogP contribution in [0.2, 0.25) is 0 Å². The summed E-state index contributed by atoms with van der Waals surface area (Å²) in [5.41, 5.74) is 0.798. The quantitative estimate of drug-likeness (QED) is 0.838. The number of aliphatic hydroxyl groups is 1. The molecule has 0 bridgehead atoms. The molecular weight excluding hydrogens is 210 g/mol. The van der Waals surface area contributed by atoms with E-state index < -0.39 is 5.60 Å². The highest BCUT2D eigenvalue weighted by Gasteiger charge is 2.31. The molecule has 1 aromatic rings. The third kappa shape index (κ3) is 3.83. The predicted molar refractivity (Wildman–Crippen MR) is 70.7 cm³/mol. The van der Waals surface area contributed by atoms with Crippen molar-refractivity contribution in [2.75, 3.05) is 6.54 Å². The molecule has 0 radical (unpaired) electrons. The topological polar surface area (TPSA) is 32.3 Å². The first-order chi connectivity index (χ1) is 8.18. The lowest BCUT2D eigenvalue weighted by atomic mass is 9.79. The Balaban J connectivity index is 1.78.